The van der Waals surface area contributed by atoms with Crippen molar-refractivity contribution >= 4 is 17.0 Å². The van der Waals surface area contributed by atoms with E-state index in [0.717, 1.165) is 0 Å². The fourth-order valence-corrected chi connectivity index (χ4v) is 2.47. The van der Waals surface area contributed by atoms with Gasteiger partial charge in [0, 0.05) is 6.07 Å². The van der Waals surface area contributed by atoms with Crippen LogP contribution < -0.4 is 5.56 Å². The van der Waals surface area contributed by atoms with Crippen molar-refractivity contribution in [2.45, 2.75) is 13.8 Å². The highest BCUT2D eigenvalue weighted by atomic mass is 19.1. The lowest BCUT2D eigenvalue weighted by Crippen LogP contribution is -2.08. The van der Waals surface area contributed by atoms with Gasteiger partial charge in [0.1, 0.15) is 11.5 Å². The van der Waals surface area contributed by atoms with Crippen LogP contribution in [-0.2, 0) is 4.74 Å². The molecule has 0 saturated carbocycles. The molecule has 0 aliphatic rings. The lowest BCUT2D eigenvalue weighted by molar-refractivity contribution is 0.0521. The van der Waals surface area contributed by atoms with Gasteiger partial charge in [-0.25, -0.2) is 13.9 Å². The minimum absolute atomic E-state index is 0.0832. The van der Waals surface area contributed by atoms with Crippen molar-refractivity contribution in [3.05, 3.63) is 57.8 Å². The van der Waals surface area contributed by atoms with Crippen LogP contribution in [0.15, 0.2) is 35.1 Å². The zero-order chi connectivity index (χ0) is 16.6. The maximum absolute atomic E-state index is 13.5. The van der Waals surface area contributed by atoms with E-state index in [1.807, 2.05) is 0 Å². The van der Waals surface area contributed by atoms with E-state index in [1.165, 1.54) is 28.9 Å². The Labute approximate surface area is 130 Å². The highest BCUT2D eigenvalue weighted by Gasteiger charge is 2.21. The van der Waals surface area contributed by atoms with Gasteiger partial charge in [-0.3, -0.25) is 4.79 Å². The molecule has 1 N–H and O–H groups in total. The van der Waals surface area contributed by atoms with E-state index in [-0.39, 0.29) is 17.9 Å². The standard InChI is InChI=1S/C16H14FN3O3/c1-3-23-16(22)14-13-9(2)7-12(21)18-15(13)20(19-14)11-6-4-5-10(17)8-11/h4-8H,3H2,1-2H3,(H,18,21). The van der Waals surface area contributed by atoms with Crippen LogP contribution in [0.25, 0.3) is 16.7 Å². The largest absolute Gasteiger partial charge is 0.461 e. The summed E-state index contributed by atoms with van der Waals surface area (Å²) in [4.78, 5) is 26.6. The molecule has 0 fully saturated rings. The number of nitrogens with zero attached hydrogens (tertiary/aromatic N) is 2. The smallest absolute Gasteiger partial charge is 0.359 e. The monoisotopic (exact) mass is 315 g/mol. The second kappa shape index (κ2) is 5.68. The second-order valence-electron chi connectivity index (χ2n) is 5.00. The molecule has 3 aromatic rings. The van der Waals surface area contributed by atoms with Gasteiger partial charge in [-0.05, 0) is 37.6 Å². The van der Waals surface area contributed by atoms with E-state index in [9.17, 15) is 14.0 Å². The number of nitrogens with one attached hydrogen (secondary N) is 1. The number of esters is 1. The van der Waals surface area contributed by atoms with Crippen molar-refractivity contribution < 1.29 is 13.9 Å². The molecule has 3 rings (SSSR count). The summed E-state index contributed by atoms with van der Waals surface area (Å²) in [6.45, 7) is 3.60. The van der Waals surface area contributed by atoms with Gasteiger partial charge in [-0.2, -0.15) is 5.10 Å². The lowest BCUT2D eigenvalue weighted by atomic mass is 10.1. The molecule has 1 aromatic carbocycles. The molecule has 0 aliphatic carbocycles. The number of carbonyl (C=O) groups excluding carboxylic acids is 1. The Bertz CT molecular complexity index is 959. The minimum Gasteiger partial charge on any atom is -0.461 e. The molecule has 118 valence electrons. The highest BCUT2D eigenvalue weighted by molar-refractivity contribution is 6.02. The quantitative estimate of drug-likeness (QED) is 0.753. The third kappa shape index (κ3) is 2.61. The number of pyridine rings is 1. The van der Waals surface area contributed by atoms with Gasteiger partial charge < -0.3 is 9.72 Å². The molecule has 6 nitrogen and oxygen atoms in total. The van der Waals surface area contributed by atoms with E-state index < -0.39 is 11.8 Å². The van der Waals surface area contributed by atoms with Crippen molar-refractivity contribution in [1.82, 2.24) is 14.8 Å². The van der Waals surface area contributed by atoms with Gasteiger partial charge in [0.05, 0.1) is 17.7 Å². The normalized spacial score (nSPS) is 10.9. The summed E-state index contributed by atoms with van der Waals surface area (Å²) in [6.07, 6.45) is 0. The molecule has 0 aliphatic heterocycles. The molecule has 23 heavy (non-hydrogen) atoms. The average molecular weight is 315 g/mol. The van der Waals surface area contributed by atoms with Crippen LogP contribution in [-0.4, -0.2) is 27.3 Å². The third-order valence-corrected chi connectivity index (χ3v) is 3.39. The molecular formula is C16H14FN3O3. The van der Waals surface area contributed by atoms with E-state index in [4.69, 9.17) is 4.74 Å². The van der Waals surface area contributed by atoms with E-state index in [1.54, 1.807) is 19.9 Å². The number of rotatable bonds is 3. The van der Waals surface area contributed by atoms with Gasteiger partial charge in [-0.1, -0.05) is 6.07 Å². The number of aromatic nitrogens is 3. The molecular weight excluding hydrogens is 301 g/mol. The zero-order valence-electron chi connectivity index (χ0n) is 12.6. The first-order chi connectivity index (χ1) is 11.0. The number of H-pyrrole nitrogens is 1. The molecule has 7 heteroatoms. The summed E-state index contributed by atoms with van der Waals surface area (Å²) in [5, 5.41) is 4.71. The number of halogens is 1. The fourth-order valence-electron chi connectivity index (χ4n) is 2.47. The van der Waals surface area contributed by atoms with Gasteiger partial charge in [0.25, 0.3) is 0 Å². The Hall–Kier alpha value is -2.96. The first-order valence-corrected chi connectivity index (χ1v) is 7.07. The molecule has 0 unspecified atom stereocenters. The van der Waals surface area contributed by atoms with Crippen LogP contribution in [0.2, 0.25) is 0 Å². The first-order valence-electron chi connectivity index (χ1n) is 7.07. The SMILES string of the molecule is CCOC(=O)c1nn(-c2cccc(F)c2)c2[nH]c(=O)cc(C)c12. The van der Waals surface area contributed by atoms with Crippen LogP contribution in [0.5, 0.6) is 0 Å². The molecule has 2 aromatic heterocycles. The maximum Gasteiger partial charge on any atom is 0.359 e. The lowest BCUT2D eigenvalue weighted by Gasteiger charge is -2.03. The summed E-state index contributed by atoms with van der Waals surface area (Å²) < 4.78 is 19.8. The van der Waals surface area contributed by atoms with Crippen LogP contribution in [0, 0.1) is 12.7 Å². The first kappa shape index (κ1) is 15.0. The summed E-state index contributed by atoms with van der Waals surface area (Å²) in [6, 6.07) is 7.10. The van der Waals surface area contributed by atoms with Crippen molar-refractivity contribution in [3.8, 4) is 5.69 Å². The summed E-state index contributed by atoms with van der Waals surface area (Å²) in [5.74, 6) is -1.04. The maximum atomic E-state index is 13.5. The van der Waals surface area contributed by atoms with Crippen molar-refractivity contribution in [3.63, 3.8) is 0 Å². The van der Waals surface area contributed by atoms with Crippen molar-refractivity contribution in [1.29, 1.82) is 0 Å². The van der Waals surface area contributed by atoms with Gasteiger partial charge >= 0.3 is 5.97 Å². The Balaban J connectivity index is 2.34. The molecule has 2 heterocycles. The van der Waals surface area contributed by atoms with Crippen LogP contribution >= 0.6 is 0 Å². The predicted octanol–water partition coefficient (Wildman–Crippen LogP) is 2.34. The number of ether oxygens (including phenoxy) is 1. The number of benzene rings is 1. The molecule has 0 amide bonds. The van der Waals surface area contributed by atoms with Crippen LogP contribution in [0.3, 0.4) is 0 Å². The summed E-state index contributed by atoms with van der Waals surface area (Å²) in [5.41, 5.74) is 1.06. The van der Waals surface area contributed by atoms with E-state index in [0.29, 0.717) is 22.3 Å². The van der Waals surface area contributed by atoms with Crippen molar-refractivity contribution in [2.75, 3.05) is 6.61 Å². The van der Waals surface area contributed by atoms with E-state index >= 15 is 0 Å². The minimum atomic E-state index is -0.595. The zero-order valence-corrected chi connectivity index (χ0v) is 12.6. The molecule has 0 radical (unpaired) electrons. The topological polar surface area (TPSA) is 77.0 Å². The van der Waals surface area contributed by atoms with Gasteiger partial charge in [0.15, 0.2) is 5.69 Å². The Kier molecular flexibility index (Phi) is 3.69. The number of aryl methyl sites for hydroxylation is 1. The molecule has 0 atom stereocenters. The molecule has 0 saturated heterocycles. The number of hydrogen-bond donors (Lipinski definition) is 1. The van der Waals surface area contributed by atoms with Crippen LogP contribution in [0.1, 0.15) is 23.0 Å². The Morgan fingerprint density at radius 3 is 2.87 bits per heavy atom. The number of aromatic amines is 1. The Morgan fingerprint density at radius 2 is 2.17 bits per heavy atom. The summed E-state index contributed by atoms with van der Waals surface area (Å²) in [7, 11) is 0. The van der Waals surface area contributed by atoms with E-state index in [2.05, 4.69) is 10.1 Å². The predicted molar refractivity (Wildman–Crippen MR) is 82.3 cm³/mol. The van der Waals surface area contributed by atoms with Crippen molar-refractivity contribution in [2.24, 2.45) is 0 Å². The molecule has 0 bridgehead atoms. The third-order valence-electron chi connectivity index (χ3n) is 3.39. The number of hydrogen-bond acceptors (Lipinski definition) is 4. The second-order valence-corrected chi connectivity index (χ2v) is 5.00. The molecule has 0 spiro atoms. The number of fused-ring (bicyclic) bond motifs is 1. The highest BCUT2D eigenvalue weighted by Crippen LogP contribution is 2.23. The average Bonchev–Trinajstić information content (AvgIpc) is 2.87. The van der Waals surface area contributed by atoms with Gasteiger partial charge in [-0.15, -0.1) is 0 Å². The fraction of sp³-hybridized carbons (Fsp3) is 0.188. The Morgan fingerprint density at radius 1 is 1.39 bits per heavy atom. The van der Waals surface area contributed by atoms with Gasteiger partial charge in [0.2, 0.25) is 5.56 Å². The van der Waals surface area contributed by atoms with Crippen LogP contribution in [0.4, 0.5) is 4.39 Å². The summed E-state index contributed by atoms with van der Waals surface area (Å²) >= 11 is 0. The number of carbonyl (C=O) groups is 1.